The lowest BCUT2D eigenvalue weighted by Crippen LogP contribution is -2.48. The van der Waals surface area contributed by atoms with Gasteiger partial charge < -0.3 is 15.5 Å². The largest absolute Gasteiger partial charge is 0.357 e. The highest BCUT2D eigenvalue weighted by molar-refractivity contribution is 5.97. The Balaban J connectivity index is 1.65. The van der Waals surface area contributed by atoms with Crippen LogP contribution < -0.4 is 10.6 Å². The zero-order valence-electron chi connectivity index (χ0n) is 16.7. The van der Waals surface area contributed by atoms with Crippen LogP contribution in [-0.2, 0) is 9.59 Å². The summed E-state index contributed by atoms with van der Waals surface area (Å²) in [5, 5.41) is 9.29. The maximum atomic E-state index is 14.5. The molecule has 1 atom stereocenters. The van der Waals surface area contributed by atoms with Crippen molar-refractivity contribution in [1.82, 2.24) is 25.3 Å². The van der Waals surface area contributed by atoms with E-state index in [1.54, 1.807) is 0 Å². The van der Waals surface area contributed by atoms with E-state index in [1.165, 1.54) is 28.8 Å². The van der Waals surface area contributed by atoms with Gasteiger partial charge in [0, 0.05) is 24.8 Å². The number of hydrogen-bond donors (Lipinski definition) is 2. The molecule has 154 valence electrons. The van der Waals surface area contributed by atoms with Crippen molar-refractivity contribution in [3.05, 3.63) is 47.0 Å². The summed E-state index contributed by atoms with van der Waals surface area (Å²) in [6.45, 7) is 3.84. The third-order valence-electron chi connectivity index (χ3n) is 4.97. The first-order valence-corrected chi connectivity index (χ1v) is 9.44. The first kappa shape index (κ1) is 20.5. The van der Waals surface area contributed by atoms with Crippen molar-refractivity contribution in [2.45, 2.75) is 32.7 Å². The number of likely N-dealkylation sites (N-methyl/N-ethyl adjacent to an activating group) is 1. The molecular weight excluding hydrogens is 377 g/mol. The Morgan fingerprint density at radius 1 is 1.24 bits per heavy atom. The fourth-order valence-electron chi connectivity index (χ4n) is 3.56. The van der Waals surface area contributed by atoms with Crippen molar-refractivity contribution in [2.75, 3.05) is 20.1 Å². The van der Waals surface area contributed by atoms with Crippen molar-refractivity contribution in [3.8, 4) is 5.69 Å². The molecular formula is C20H24FN5O3. The lowest BCUT2D eigenvalue weighted by Gasteiger charge is -2.23. The van der Waals surface area contributed by atoms with Gasteiger partial charge in [0.15, 0.2) is 0 Å². The van der Waals surface area contributed by atoms with Crippen LogP contribution in [0.25, 0.3) is 5.69 Å². The number of rotatable bonds is 5. The lowest BCUT2D eigenvalue weighted by molar-refractivity contribution is -0.137. The molecule has 2 N–H and O–H groups in total. The minimum Gasteiger partial charge on any atom is -0.357 e. The molecule has 2 heterocycles. The number of carbonyl (C=O) groups excluding carboxylic acids is 3. The van der Waals surface area contributed by atoms with Gasteiger partial charge in [0.2, 0.25) is 11.8 Å². The molecule has 1 fully saturated rings. The molecule has 1 aliphatic heterocycles. The van der Waals surface area contributed by atoms with Crippen molar-refractivity contribution in [3.63, 3.8) is 0 Å². The molecule has 3 amide bonds. The van der Waals surface area contributed by atoms with Gasteiger partial charge in [-0.05, 0) is 51.0 Å². The Morgan fingerprint density at radius 3 is 2.62 bits per heavy atom. The topological polar surface area (TPSA) is 96.3 Å². The predicted molar refractivity (Wildman–Crippen MR) is 104 cm³/mol. The van der Waals surface area contributed by atoms with E-state index in [9.17, 15) is 18.8 Å². The number of amides is 3. The van der Waals surface area contributed by atoms with Gasteiger partial charge in [-0.3, -0.25) is 14.4 Å². The molecule has 2 aromatic rings. The van der Waals surface area contributed by atoms with E-state index in [1.807, 2.05) is 19.9 Å². The first-order valence-electron chi connectivity index (χ1n) is 9.44. The average molecular weight is 401 g/mol. The summed E-state index contributed by atoms with van der Waals surface area (Å²) < 4.78 is 16.0. The fourth-order valence-corrected chi connectivity index (χ4v) is 3.56. The maximum Gasteiger partial charge on any atom is 0.251 e. The van der Waals surface area contributed by atoms with Crippen LogP contribution >= 0.6 is 0 Å². The lowest BCUT2D eigenvalue weighted by atomic mass is 10.1. The van der Waals surface area contributed by atoms with Gasteiger partial charge in [-0.25, -0.2) is 9.07 Å². The second-order valence-electron chi connectivity index (χ2n) is 7.05. The van der Waals surface area contributed by atoms with Crippen LogP contribution in [0.5, 0.6) is 0 Å². The molecule has 1 unspecified atom stereocenters. The van der Waals surface area contributed by atoms with E-state index in [-0.39, 0.29) is 29.6 Å². The summed E-state index contributed by atoms with van der Waals surface area (Å²) in [5.74, 6) is -1.71. The fraction of sp³-hybridized carbons (Fsp3) is 0.400. The zero-order chi connectivity index (χ0) is 21.1. The normalized spacial score (nSPS) is 16.0. The molecule has 1 aromatic heterocycles. The Morgan fingerprint density at radius 2 is 2.00 bits per heavy atom. The monoisotopic (exact) mass is 401 g/mol. The van der Waals surface area contributed by atoms with Gasteiger partial charge in [0.1, 0.15) is 17.5 Å². The van der Waals surface area contributed by atoms with E-state index >= 15 is 0 Å². The average Bonchev–Trinajstić information content (AvgIpc) is 3.31. The summed E-state index contributed by atoms with van der Waals surface area (Å²) in [6, 6.07) is 5.40. The smallest absolute Gasteiger partial charge is 0.251 e. The highest BCUT2D eigenvalue weighted by Crippen LogP contribution is 2.19. The van der Waals surface area contributed by atoms with Crippen LogP contribution in [0.1, 0.15) is 34.6 Å². The molecule has 1 aliphatic rings. The number of benzene rings is 1. The van der Waals surface area contributed by atoms with Crippen molar-refractivity contribution in [2.24, 2.45) is 0 Å². The maximum absolute atomic E-state index is 14.5. The van der Waals surface area contributed by atoms with Gasteiger partial charge in [-0.15, -0.1) is 0 Å². The van der Waals surface area contributed by atoms with Crippen molar-refractivity contribution >= 4 is 17.7 Å². The van der Waals surface area contributed by atoms with Gasteiger partial charge in [0.25, 0.3) is 5.91 Å². The highest BCUT2D eigenvalue weighted by atomic mass is 19.1. The Kier molecular flexibility index (Phi) is 5.95. The molecule has 8 nitrogen and oxygen atoms in total. The van der Waals surface area contributed by atoms with E-state index in [0.717, 1.165) is 23.9 Å². The number of nitrogens with zero attached hydrogens (tertiary/aromatic N) is 3. The molecule has 3 rings (SSSR count). The van der Waals surface area contributed by atoms with Gasteiger partial charge in [-0.1, -0.05) is 0 Å². The van der Waals surface area contributed by atoms with E-state index in [0.29, 0.717) is 13.0 Å². The predicted octanol–water partition coefficient (Wildman–Crippen LogP) is 1.10. The van der Waals surface area contributed by atoms with Crippen LogP contribution in [-0.4, -0.2) is 58.6 Å². The van der Waals surface area contributed by atoms with Gasteiger partial charge in [0.05, 0.1) is 12.2 Å². The van der Waals surface area contributed by atoms with Crippen LogP contribution in [0.3, 0.4) is 0 Å². The number of hydrogen-bond acceptors (Lipinski definition) is 4. The molecule has 0 radical (unpaired) electrons. The summed E-state index contributed by atoms with van der Waals surface area (Å²) >= 11 is 0. The number of nitrogens with one attached hydrogen (secondary N) is 2. The van der Waals surface area contributed by atoms with E-state index in [4.69, 9.17) is 0 Å². The summed E-state index contributed by atoms with van der Waals surface area (Å²) in [5.41, 5.74) is 1.89. The Bertz CT molecular complexity index is 956. The molecule has 1 saturated heterocycles. The van der Waals surface area contributed by atoms with Crippen LogP contribution in [0.4, 0.5) is 4.39 Å². The number of aromatic nitrogens is 2. The SMILES string of the molecule is CNC(=O)C1CCCN1C(=O)CNC(=O)c1ccc(-n2nc(C)cc2C)c(F)c1. The van der Waals surface area contributed by atoms with E-state index in [2.05, 4.69) is 15.7 Å². The standard InChI is InChI=1S/C20H24FN5O3/c1-12-9-13(2)26(24-12)16-7-6-14(10-15(16)21)19(28)23-11-18(27)25-8-4-5-17(25)20(29)22-3/h6-7,9-10,17H,4-5,8,11H2,1-3H3,(H,22,29)(H,23,28). The second-order valence-corrected chi connectivity index (χ2v) is 7.05. The third-order valence-corrected chi connectivity index (χ3v) is 4.97. The molecule has 0 spiro atoms. The molecule has 1 aromatic carbocycles. The third kappa shape index (κ3) is 4.28. The van der Waals surface area contributed by atoms with Gasteiger partial charge in [-0.2, -0.15) is 5.10 Å². The summed E-state index contributed by atoms with van der Waals surface area (Å²) in [6.07, 6.45) is 1.33. The minimum absolute atomic E-state index is 0.102. The highest BCUT2D eigenvalue weighted by Gasteiger charge is 2.33. The van der Waals surface area contributed by atoms with Crippen molar-refractivity contribution < 1.29 is 18.8 Å². The Hall–Kier alpha value is -3.23. The number of halogens is 1. The molecule has 29 heavy (non-hydrogen) atoms. The van der Waals surface area contributed by atoms with E-state index < -0.39 is 17.8 Å². The molecule has 0 saturated carbocycles. The first-order chi connectivity index (χ1) is 13.8. The second kappa shape index (κ2) is 8.42. The van der Waals surface area contributed by atoms with Gasteiger partial charge >= 0.3 is 0 Å². The minimum atomic E-state index is -0.589. The molecule has 9 heteroatoms. The summed E-state index contributed by atoms with van der Waals surface area (Å²) in [4.78, 5) is 38.1. The van der Waals surface area contributed by atoms with Crippen LogP contribution in [0.15, 0.2) is 24.3 Å². The zero-order valence-corrected chi connectivity index (χ0v) is 16.7. The number of likely N-dealkylation sites (tertiary alicyclic amines) is 1. The molecule has 0 aliphatic carbocycles. The van der Waals surface area contributed by atoms with Crippen LogP contribution in [0.2, 0.25) is 0 Å². The summed E-state index contributed by atoms with van der Waals surface area (Å²) in [7, 11) is 1.52. The number of aryl methyl sites for hydroxylation is 2. The van der Waals surface area contributed by atoms with Crippen LogP contribution in [0, 0.1) is 19.7 Å². The number of carbonyl (C=O) groups is 3. The molecule has 0 bridgehead atoms. The van der Waals surface area contributed by atoms with Crippen molar-refractivity contribution in [1.29, 1.82) is 0 Å². The Labute approximate surface area is 168 Å². The quantitative estimate of drug-likeness (QED) is 0.784.